The Labute approximate surface area is 119 Å². The second-order valence-corrected chi connectivity index (χ2v) is 5.65. The van der Waals surface area contributed by atoms with E-state index in [1.807, 2.05) is 0 Å². The summed E-state index contributed by atoms with van der Waals surface area (Å²) >= 11 is 0. The van der Waals surface area contributed by atoms with Gasteiger partial charge in [-0.05, 0) is 51.5 Å². The van der Waals surface area contributed by atoms with Crippen LogP contribution in [0.25, 0.3) is 0 Å². The molecule has 1 aromatic rings. The average molecular weight is 262 g/mol. The predicted octanol–water partition coefficient (Wildman–Crippen LogP) is 3.63. The highest BCUT2D eigenvalue weighted by molar-refractivity contribution is 5.28. The van der Waals surface area contributed by atoms with Gasteiger partial charge >= 0.3 is 0 Å². The second kappa shape index (κ2) is 7.06. The molecule has 1 aromatic carbocycles. The minimum Gasteiger partial charge on any atom is -0.311 e. The molecule has 0 bridgehead atoms. The van der Waals surface area contributed by atoms with Crippen LogP contribution < -0.4 is 5.32 Å². The van der Waals surface area contributed by atoms with E-state index in [4.69, 9.17) is 0 Å². The number of nitrogens with zero attached hydrogens (tertiary/aromatic N) is 1. The summed E-state index contributed by atoms with van der Waals surface area (Å²) in [5.74, 6) is 0. The van der Waals surface area contributed by atoms with E-state index in [1.165, 1.54) is 11.1 Å². The van der Waals surface area contributed by atoms with Crippen molar-refractivity contribution < 1.29 is 0 Å². The number of hydrogen-bond acceptors (Lipinski definition) is 2. The van der Waals surface area contributed by atoms with E-state index in [2.05, 4.69) is 76.1 Å². The van der Waals surface area contributed by atoms with Gasteiger partial charge in [-0.1, -0.05) is 45.0 Å². The Kier molecular flexibility index (Phi) is 6.02. The Balaban J connectivity index is 3.10. The van der Waals surface area contributed by atoms with E-state index in [9.17, 15) is 0 Å². The van der Waals surface area contributed by atoms with Crippen molar-refractivity contribution in [2.24, 2.45) is 0 Å². The third-order valence-corrected chi connectivity index (χ3v) is 4.27. The summed E-state index contributed by atoms with van der Waals surface area (Å²) < 4.78 is 0. The van der Waals surface area contributed by atoms with Crippen LogP contribution in [0, 0.1) is 0 Å². The van der Waals surface area contributed by atoms with Crippen molar-refractivity contribution in [2.75, 3.05) is 20.1 Å². The topological polar surface area (TPSA) is 15.3 Å². The van der Waals surface area contributed by atoms with Crippen LogP contribution in [-0.2, 0) is 6.42 Å². The average Bonchev–Trinajstić information content (AvgIpc) is 2.40. The van der Waals surface area contributed by atoms with Gasteiger partial charge < -0.3 is 5.32 Å². The van der Waals surface area contributed by atoms with E-state index in [-0.39, 0.29) is 5.54 Å². The maximum absolute atomic E-state index is 3.52. The zero-order valence-corrected chi connectivity index (χ0v) is 13.5. The molecule has 0 spiro atoms. The minimum absolute atomic E-state index is 0.102. The first-order valence-electron chi connectivity index (χ1n) is 7.52. The summed E-state index contributed by atoms with van der Waals surface area (Å²) in [5.41, 5.74) is 2.90. The highest BCUT2D eigenvalue weighted by Crippen LogP contribution is 2.31. The quantitative estimate of drug-likeness (QED) is 0.807. The van der Waals surface area contributed by atoms with Gasteiger partial charge in [0.15, 0.2) is 0 Å². The molecule has 0 aliphatic rings. The molecule has 0 aliphatic heterocycles. The molecule has 0 radical (unpaired) electrons. The molecule has 0 aliphatic carbocycles. The van der Waals surface area contributed by atoms with Gasteiger partial charge in [0, 0.05) is 11.6 Å². The lowest BCUT2D eigenvalue weighted by Crippen LogP contribution is -2.51. The van der Waals surface area contributed by atoms with Crippen molar-refractivity contribution in [3.05, 3.63) is 35.4 Å². The third-order valence-electron chi connectivity index (χ3n) is 4.27. The molecule has 1 N–H and O–H groups in total. The SMILES string of the molecule is CCc1cccc(C(NC)C(C)(C)N(CC)CC)c1. The smallest absolute Gasteiger partial charge is 0.0499 e. The van der Waals surface area contributed by atoms with Crippen molar-refractivity contribution in [1.82, 2.24) is 10.2 Å². The van der Waals surface area contributed by atoms with Crippen LogP contribution in [0.5, 0.6) is 0 Å². The molecular weight excluding hydrogens is 232 g/mol. The van der Waals surface area contributed by atoms with Gasteiger partial charge in [0.05, 0.1) is 0 Å². The van der Waals surface area contributed by atoms with E-state index in [0.29, 0.717) is 6.04 Å². The number of aryl methyl sites for hydroxylation is 1. The largest absolute Gasteiger partial charge is 0.311 e. The summed E-state index contributed by atoms with van der Waals surface area (Å²) in [7, 11) is 2.06. The van der Waals surface area contributed by atoms with Crippen molar-refractivity contribution in [3.8, 4) is 0 Å². The molecule has 0 saturated heterocycles. The lowest BCUT2D eigenvalue weighted by atomic mass is 9.86. The van der Waals surface area contributed by atoms with Crippen LogP contribution >= 0.6 is 0 Å². The first-order valence-corrected chi connectivity index (χ1v) is 7.52. The van der Waals surface area contributed by atoms with Crippen LogP contribution in [0.2, 0.25) is 0 Å². The fourth-order valence-electron chi connectivity index (χ4n) is 3.14. The summed E-state index contributed by atoms with van der Waals surface area (Å²) in [6.07, 6.45) is 1.09. The zero-order valence-electron chi connectivity index (χ0n) is 13.5. The highest BCUT2D eigenvalue weighted by atomic mass is 15.2. The van der Waals surface area contributed by atoms with Crippen LogP contribution in [0.15, 0.2) is 24.3 Å². The fourth-order valence-corrected chi connectivity index (χ4v) is 3.14. The van der Waals surface area contributed by atoms with Crippen molar-refractivity contribution >= 4 is 0 Å². The molecule has 1 rings (SSSR count). The lowest BCUT2D eigenvalue weighted by molar-refractivity contribution is 0.0944. The Morgan fingerprint density at radius 2 is 1.79 bits per heavy atom. The van der Waals surface area contributed by atoms with Crippen molar-refractivity contribution in [1.29, 1.82) is 0 Å². The zero-order chi connectivity index (χ0) is 14.5. The molecule has 0 heterocycles. The Hall–Kier alpha value is -0.860. The van der Waals surface area contributed by atoms with Crippen molar-refractivity contribution in [3.63, 3.8) is 0 Å². The second-order valence-electron chi connectivity index (χ2n) is 5.65. The number of rotatable bonds is 7. The fraction of sp³-hybridized carbons (Fsp3) is 0.647. The first kappa shape index (κ1) is 16.2. The lowest BCUT2D eigenvalue weighted by Gasteiger charge is -2.43. The molecule has 108 valence electrons. The van der Waals surface area contributed by atoms with Crippen molar-refractivity contribution in [2.45, 2.75) is 52.6 Å². The predicted molar refractivity (Wildman–Crippen MR) is 84.6 cm³/mol. The van der Waals surface area contributed by atoms with Gasteiger partial charge in [-0.2, -0.15) is 0 Å². The van der Waals surface area contributed by atoms with Gasteiger partial charge in [0.2, 0.25) is 0 Å². The van der Waals surface area contributed by atoms with Gasteiger partial charge in [-0.3, -0.25) is 4.90 Å². The van der Waals surface area contributed by atoms with E-state index in [1.54, 1.807) is 0 Å². The molecule has 19 heavy (non-hydrogen) atoms. The minimum atomic E-state index is 0.102. The van der Waals surface area contributed by atoms with Gasteiger partial charge in [-0.25, -0.2) is 0 Å². The molecule has 1 atom stereocenters. The number of nitrogens with one attached hydrogen (secondary N) is 1. The maximum Gasteiger partial charge on any atom is 0.0499 e. The molecule has 0 amide bonds. The maximum atomic E-state index is 3.52. The number of likely N-dealkylation sites (N-methyl/N-ethyl adjacent to an activating group) is 2. The van der Waals surface area contributed by atoms with E-state index in [0.717, 1.165) is 19.5 Å². The van der Waals surface area contributed by atoms with Crippen LogP contribution in [0.4, 0.5) is 0 Å². The summed E-state index contributed by atoms with van der Waals surface area (Å²) in [6.45, 7) is 13.5. The van der Waals surface area contributed by atoms with Crippen LogP contribution in [0.3, 0.4) is 0 Å². The van der Waals surface area contributed by atoms with Gasteiger partial charge in [0.25, 0.3) is 0 Å². The summed E-state index contributed by atoms with van der Waals surface area (Å²) in [4.78, 5) is 2.52. The molecule has 0 aromatic heterocycles. The molecule has 1 unspecified atom stereocenters. The molecular formula is C17H30N2. The van der Waals surface area contributed by atoms with E-state index < -0.39 is 0 Å². The Morgan fingerprint density at radius 3 is 2.26 bits per heavy atom. The number of hydrogen-bond donors (Lipinski definition) is 1. The Bertz CT molecular complexity index is 381. The first-order chi connectivity index (χ1) is 9.01. The molecule has 0 saturated carbocycles. The molecule has 2 heteroatoms. The summed E-state index contributed by atoms with van der Waals surface area (Å²) in [5, 5.41) is 3.52. The highest BCUT2D eigenvalue weighted by Gasteiger charge is 2.34. The van der Waals surface area contributed by atoms with Gasteiger partial charge in [-0.15, -0.1) is 0 Å². The number of benzene rings is 1. The monoisotopic (exact) mass is 262 g/mol. The Morgan fingerprint density at radius 1 is 1.16 bits per heavy atom. The molecule has 2 nitrogen and oxygen atoms in total. The normalized spacial score (nSPS) is 13.8. The third kappa shape index (κ3) is 3.58. The molecule has 0 fully saturated rings. The van der Waals surface area contributed by atoms with Gasteiger partial charge in [0.1, 0.15) is 0 Å². The standard InChI is InChI=1S/C17H30N2/c1-7-14-11-10-12-15(13-14)16(18-6)17(4,5)19(8-2)9-3/h10-13,16,18H,7-9H2,1-6H3. The van der Waals surface area contributed by atoms with Crippen LogP contribution in [-0.4, -0.2) is 30.6 Å². The van der Waals surface area contributed by atoms with Crippen LogP contribution in [0.1, 0.15) is 51.8 Å². The summed E-state index contributed by atoms with van der Waals surface area (Å²) in [6, 6.07) is 9.31. The van der Waals surface area contributed by atoms with E-state index >= 15 is 0 Å².